The molecule has 12 heavy (non-hydrogen) atoms. The highest BCUT2D eigenvalue weighted by Crippen LogP contribution is 2.29. The fraction of sp³-hybridized carbons (Fsp3) is 0.455. The summed E-state index contributed by atoms with van der Waals surface area (Å²) >= 11 is 1.93. The minimum Gasteiger partial charge on any atom is -0.157 e. The fourth-order valence-electron chi connectivity index (χ4n) is 1.41. The van der Waals surface area contributed by atoms with Gasteiger partial charge in [0.05, 0.1) is 0 Å². The monoisotopic (exact) mass is 180 g/mol. The van der Waals surface area contributed by atoms with Crippen LogP contribution in [0.25, 0.3) is 0 Å². The first kappa shape index (κ1) is 9.66. The van der Waals surface area contributed by atoms with Gasteiger partial charge in [-0.05, 0) is 25.2 Å². The Labute approximate surface area is 79.4 Å². The van der Waals surface area contributed by atoms with Crippen molar-refractivity contribution < 1.29 is 0 Å². The zero-order chi connectivity index (χ0) is 8.97. The Bertz CT molecular complexity index is 239. The standard InChI is InChI=1S/C11H16S/c1-4-11(12-3)10-7-5-6-9(2)8-10/h5-8,11H,4H2,1-3H3. The highest BCUT2D eigenvalue weighted by Gasteiger charge is 2.05. The summed E-state index contributed by atoms with van der Waals surface area (Å²) in [6.07, 6.45) is 3.39. The Morgan fingerprint density at radius 2 is 2.17 bits per heavy atom. The molecule has 1 aromatic carbocycles. The van der Waals surface area contributed by atoms with E-state index in [1.54, 1.807) is 0 Å². The van der Waals surface area contributed by atoms with Crippen LogP contribution < -0.4 is 0 Å². The van der Waals surface area contributed by atoms with E-state index in [0.717, 1.165) is 0 Å². The van der Waals surface area contributed by atoms with Gasteiger partial charge in [0.2, 0.25) is 0 Å². The molecule has 1 heteroatoms. The maximum atomic E-state index is 2.28. The van der Waals surface area contributed by atoms with E-state index in [9.17, 15) is 0 Å². The van der Waals surface area contributed by atoms with Crippen LogP contribution >= 0.6 is 11.8 Å². The molecular weight excluding hydrogens is 164 g/mol. The van der Waals surface area contributed by atoms with Crippen molar-refractivity contribution in [3.05, 3.63) is 35.4 Å². The lowest BCUT2D eigenvalue weighted by molar-refractivity contribution is 0.896. The van der Waals surface area contributed by atoms with Gasteiger partial charge in [0, 0.05) is 5.25 Å². The molecule has 0 fully saturated rings. The van der Waals surface area contributed by atoms with E-state index in [4.69, 9.17) is 0 Å². The lowest BCUT2D eigenvalue weighted by atomic mass is 10.1. The van der Waals surface area contributed by atoms with Crippen LogP contribution in [0.15, 0.2) is 24.3 Å². The smallest absolute Gasteiger partial charge is 0.0292 e. The van der Waals surface area contributed by atoms with Crippen LogP contribution in [0.5, 0.6) is 0 Å². The van der Waals surface area contributed by atoms with E-state index >= 15 is 0 Å². The van der Waals surface area contributed by atoms with Crippen LogP contribution in [-0.4, -0.2) is 6.26 Å². The van der Waals surface area contributed by atoms with Gasteiger partial charge in [0.1, 0.15) is 0 Å². The summed E-state index contributed by atoms with van der Waals surface area (Å²) in [4.78, 5) is 0. The Kier molecular flexibility index (Phi) is 3.67. The molecule has 0 heterocycles. The third kappa shape index (κ3) is 2.28. The molecule has 0 nitrogen and oxygen atoms in total. The largest absolute Gasteiger partial charge is 0.157 e. The van der Waals surface area contributed by atoms with E-state index in [-0.39, 0.29) is 0 Å². The van der Waals surface area contributed by atoms with Gasteiger partial charge in [-0.2, -0.15) is 11.8 Å². The van der Waals surface area contributed by atoms with Gasteiger partial charge in [0.25, 0.3) is 0 Å². The lowest BCUT2D eigenvalue weighted by Gasteiger charge is -2.12. The highest BCUT2D eigenvalue weighted by molar-refractivity contribution is 7.98. The molecule has 1 atom stereocenters. The third-order valence-electron chi connectivity index (χ3n) is 2.07. The Balaban J connectivity index is 2.85. The average molecular weight is 180 g/mol. The minimum absolute atomic E-state index is 0.671. The number of hydrogen-bond acceptors (Lipinski definition) is 1. The maximum Gasteiger partial charge on any atom is 0.0292 e. The summed E-state index contributed by atoms with van der Waals surface area (Å²) in [6, 6.07) is 8.79. The van der Waals surface area contributed by atoms with Crippen molar-refractivity contribution in [2.24, 2.45) is 0 Å². The molecule has 0 N–H and O–H groups in total. The molecule has 0 aliphatic heterocycles. The quantitative estimate of drug-likeness (QED) is 0.681. The van der Waals surface area contributed by atoms with Gasteiger partial charge in [-0.25, -0.2) is 0 Å². The SMILES string of the molecule is CCC(SC)c1cccc(C)c1. The third-order valence-corrected chi connectivity index (χ3v) is 3.24. The van der Waals surface area contributed by atoms with Crippen molar-refractivity contribution in [3.8, 4) is 0 Å². The second-order valence-corrected chi connectivity index (χ2v) is 4.09. The number of thioether (sulfide) groups is 1. The molecule has 0 saturated heterocycles. The molecule has 1 unspecified atom stereocenters. The van der Waals surface area contributed by atoms with Crippen molar-refractivity contribution in [2.75, 3.05) is 6.26 Å². The first-order valence-electron chi connectivity index (χ1n) is 4.37. The van der Waals surface area contributed by atoms with Gasteiger partial charge >= 0.3 is 0 Å². The van der Waals surface area contributed by atoms with E-state index < -0.39 is 0 Å². The van der Waals surface area contributed by atoms with Crippen molar-refractivity contribution in [1.29, 1.82) is 0 Å². The Morgan fingerprint density at radius 1 is 1.42 bits per heavy atom. The molecule has 0 spiro atoms. The molecule has 0 aromatic heterocycles. The summed E-state index contributed by atoms with van der Waals surface area (Å²) in [5.41, 5.74) is 2.82. The van der Waals surface area contributed by atoms with Crippen molar-refractivity contribution in [1.82, 2.24) is 0 Å². The van der Waals surface area contributed by atoms with Gasteiger partial charge in [-0.3, -0.25) is 0 Å². The predicted octanol–water partition coefficient (Wildman–Crippen LogP) is 3.81. The summed E-state index contributed by atoms with van der Waals surface area (Å²) in [7, 11) is 0. The van der Waals surface area contributed by atoms with Crippen molar-refractivity contribution in [3.63, 3.8) is 0 Å². The highest BCUT2D eigenvalue weighted by atomic mass is 32.2. The summed E-state index contributed by atoms with van der Waals surface area (Å²) in [5, 5.41) is 0.671. The topological polar surface area (TPSA) is 0 Å². The van der Waals surface area contributed by atoms with Gasteiger partial charge < -0.3 is 0 Å². The molecule has 0 radical (unpaired) electrons. The molecule has 66 valence electrons. The fourth-order valence-corrected chi connectivity index (χ4v) is 2.16. The van der Waals surface area contributed by atoms with Gasteiger partial charge in [-0.15, -0.1) is 0 Å². The van der Waals surface area contributed by atoms with Crippen LogP contribution in [0.3, 0.4) is 0 Å². The first-order valence-corrected chi connectivity index (χ1v) is 5.66. The number of aryl methyl sites for hydroxylation is 1. The predicted molar refractivity (Wildman–Crippen MR) is 57.7 cm³/mol. The minimum atomic E-state index is 0.671. The van der Waals surface area contributed by atoms with E-state index in [1.165, 1.54) is 17.5 Å². The maximum absolute atomic E-state index is 2.28. The summed E-state index contributed by atoms with van der Waals surface area (Å²) in [5.74, 6) is 0. The number of rotatable bonds is 3. The average Bonchev–Trinajstić information content (AvgIpc) is 2.07. The number of benzene rings is 1. The Hall–Kier alpha value is -0.430. The summed E-state index contributed by atoms with van der Waals surface area (Å²) in [6.45, 7) is 4.39. The van der Waals surface area contributed by atoms with Crippen LogP contribution in [0.2, 0.25) is 0 Å². The van der Waals surface area contributed by atoms with Gasteiger partial charge in [-0.1, -0.05) is 36.8 Å². The molecule has 0 bridgehead atoms. The molecular formula is C11H16S. The molecule has 1 aromatic rings. The van der Waals surface area contributed by atoms with Crippen LogP contribution in [-0.2, 0) is 0 Å². The van der Waals surface area contributed by atoms with Crippen molar-refractivity contribution in [2.45, 2.75) is 25.5 Å². The molecule has 0 aliphatic carbocycles. The normalized spacial score (nSPS) is 12.9. The second kappa shape index (κ2) is 4.56. The first-order chi connectivity index (χ1) is 5.77. The summed E-state index contributed by atoms with van der Waals surface area (Å²) < 4.78 is 0. The zero-order valence-electron chi connectivity index (χ0n) is 8.00. The number of hydrogen-bond donors (Lipinski definition) is 0. The van der Waals surface area contributed by atoms with E-state index in [1.807, 2.05) is 11.8 Å². The lowest BCUT2D eigenvalue weighted by Crippen LogP contribution is -1.91. The molecule has 0 amide bonds. The van der Waals surface area contributed by atoms with Crippen LogP contribution in [0.1, 0.15) is 29.7 Å². The van der Waals surface area contributed by atoms with Crippen LogP contribution in [0, 0.1) is 6.92 Å². The second-order valence-electron chi connectivity index (χ2n) is 3.05. The van der Waals surface area contributed by atoms with E-state index in [0.29, 0.717) is 5.25 Å². The zero-order valence-corrected chi connectivity index (χ0v) is 8.82. The molecule has 0 saturated carbocycles. The van der Waals surface area contributed by atoms with E-state index in [2.05, 4.69) is 44.4 Å². The molecule has 1 rings (SSSR count). The Morgan fingerprint density at radius 3 is 2.67 bits per heavy atom. The van der Waals surface area contributed by atoms with Crippen molar-refractivity contribution >= 4 is 11.8 Å². The molecule has 0 aliphatic rings. The van der Waals surface area contributed by atoms with Gasteiger partial charge in [0.15, 0.2) is 0 Å². The van der Waals surface area contributed by atoms with Crippen LogP contribution in [0.4, 0.5) is 0 Å².